The summed E-state index contributed by atoms with van der Waals surface area (Å²) in [6.07, 6.45) is 0.856. The van der Waals surface area contributed by atoms with Gasteiger partial charge in [-0.15, -0.1) is 11.3 Å². The highest BCUT2D eigenvalue weighted by molar-refractivity contribution is 7.15. The van der Waals surface area contributed by atoms with Gasteiger partial charge in [-0.2, -0.15) is 0 Å². The highest BCUT2D eigenvalue weighted by Crippen LogP contribution is 2.25. The number of fused-ring (bicyclic) bond motifs is 1. The van der Waals surface area contributed by atoms with Crippen LogP contribution >= 0.6 is 11.3 Å². The van der Waals surface area contributed by atoms with Crippen molar-refractivity contribution in [3.05, 3.63) is 46.0 Å². The molecule has 3 amide bonds. The van der Waals surface area contributed by atoms with Gasteiger partial charge in [0.25, 0.3) is 11.8 Å². The molecule has 146 valence electrons. The molecule has 0 unspecified atom stereocenters. The molecule has 0 radical (unpaired) electrons. The van der Waals surface area contributed by atoms with Crippen molar-refractivity contribution in [2.24, 2.45) is 0 Å². The molecule has 28 heavy (non-hydrogen) atoms. The summed E-state index contributed by atoms with van der Waals surface area (Å²) in [5.41, 5.74) is 1.49. The minimum atomic E-state index is -0.883. The predicted molar refractivity (Wildman–Crippen MR) is 102 cm³/mol. The number of imide groups is 1. The maximum Gasteiger partial charge on any atom is 0.303 e. The molecular formula is C19H19N3O5S. The van der Waals surface area contributed by atoms with Gasteiger partial charge in [-0.1, -0.05) is 12.1 Å². The van der Waals surface area contributed by atoms with E-state index < -0.39 is 5.97 Å². The van der Waals surface area contributed by atoms with E-state index in [-0.39, 0.29) is 37.1 Å². The van der Waals surface area contributed by atoms with Crippen LogP contribution in [-0.4, -0.2) is 45.2 Å². The predicted octanol–water partition coefficient (Wildman–Crippen LogP) is 2.48. The molecule has 0 fully saturated rings. The maximum atomic E-state index is 12.3. The van der Waals surface area contributed by atoms with Gasteiger partial charge in [0.15, 0.2) is 5.13 Å². The summed E-state index contributed by atoms with van der Waals surface area (Å²) in [6, 6.07) is 6.66. The summed E-state index contributed by atoms with van der Waals surface area (Å²) < 4.78 is 0. The number of nitrogens with one attached hydrogen (secondary N) is 1. The Hall–Kier alpha value is -3.07. The zero-order chi connectivity index (χ0) is 20.3. The molecule has 1 aromatic heterocycles. The van der Waals surface area contributed by atoms with E-state index in [9.17, 15) is 19.2 Å². The van der Waals surface area contributed by atoms with Crippen LogP contribution in [-0.2, 0) is 16.0 Å². The van der Waals surface area contributed by atoms with Crippen LogP contribution in [0.1, 0.15) is 50.5 Å². The van der Waals surface area contributed by atoms with E-state index in [1.54, 1.807) is 31.2 Å². The molecule has 2 N–H and O–H groups in total. The molecule has 2 heterocycles. The summed E-state index contributed by atoms with van der Waals surface area (Å²) in [5, 5.41) is 11.9. The van der Waals surface area contributed by atoms with Crippen LogP contribution in [0, 0.1) is 6.92 Å². The number of amides is 3. The number of carboxylic acid groups (broad SMARTS) is 1. The van der Waals surface area contributed by atoms with Crippen LogP contribution in [0.15, 0.2) is 24.3 Å². The Morgan fingerprint density at radius 2 is 1.79 bits per heavy atom. The fourth-order valence-electron chi connectivity index (χ4n) is 2.96. The fraction of sp³-hybridized carbons (Fsp3) is 0.316. The summed E-state index contributed by atoms with van der Waals surface area (Å²) >= 11 is 1.26. The molecular weight excluding hydrogens is 382 g/mol. The molecule has 0 atom stereocenters. The summed E-state index contributed by atoms with van der Waals surface area (Å²) in [4.78, 5) is 53.6. The number of hydrogen-bond donors (Lipinski definition) is 2. The van der Waals surface area contributed by atoms with Crippen LogP contribution in [0.25, 0.3) is 0 Å². The van der Waals surface area contributed by atoms with Gasteiger partial charge >= 0.3 is 5.97 Å². The van der Waals surface area contributed by atoms with E-state index in [0.29, 0.717) is 34.8 Å². The van der Waals surface area contributed by atoms with Gasteiger partial charge in [0.2, 0.25) is 5.91 Å². The van der Waals surface area contributed by atoms with Gasteiger partial charge in [-0.25, -0.2) is 4.98 Å². The number of carbonyl (C=O) groups is 4. The fourth-order valence-corrected chi connectivity index (χ4v) is 3.93. The molecule has 0 saturated heterocycles. The second-order valence-electron chi connectivity index (χ2n) is 6.38. The topological polar surface area (TPSA) is 117 Å². The van der Waals surface area contributed by atoms with Crippen molar-refractivity contribution in [1.29, 1.82) is 0 Å². The van der Waals surface area contributed by atoms with Crippen molar-refractivity contribution >= 4 is 40.2 Å². The molecule has 0 spiro atoms. The molecule has 1 aliphatic heterocycles. The number of carboxylic acids is 1. The lowest BCUT2D eigenvalue weighted by atomic mass is 10.1. The molecule has 9 heteroatoms. The minimum absolute atomic E-state index is 0.0106. The third-order valence-electron chi connectivity index (χ3n) is 4.37. The number of aryl methyl sites for hydroxylation is 2. The number of anilines is 1. The Bertz CT molecular complexity index is 918. The number of benzene rings is 1. The molecule has 1 aliphatic rings. The van der Waals surface area contributed by atoms with E-state index in [1.165, 1.54) is 11.3 Å². The lowest BCUT2D eigenvalue weighted by Crippen LogP contribution is -2.31. The standard InChI is InChI=1S/C19H19N3O5S/c1-11-14(8-9-16(24)25)28-19(20-11)21-15(23)7-4-10-22-17(26)12-5-2-3-6-13(12)18(22)27/h2-3,5-6H,4,7-10H2,1H3,(H,24,25)(H,20,21,23). The first-order valence-corrected chi connectivity index (χ1v) is 9.61. The zero-order valence-electron chi connectivity index (χ0n) is 15.2. The third-order valence-corrected chi connectivity index (χ3v) is 5.50. The summed E-state index contributed by atoms with van der Waals surface area (Å²) in [6.45, 7) is 1.94. The Morgan fingerprint density at radius 3 is 2.39 bits per heavy atom. The van der Waals surface area contributed by atoms with Crippen LogP contribution in [0.2, 0.25) is 0 Å². The van der Waals surface area contributed by atoms with Gasteiger partial charge in [0, 0.05) is 17.8 Å². The van der Waals surface area contributed by atoms with E-state index in [2.05, 4.69) is 10.3 Å². The largest absolute Gasteiger partial charge is 0.481 e. The lowest BCUT2D eigenvalue weighted by molar-refractivity contribution is -0.137. The second-order valence-corrected chi connectivity index (χ2v) is 7.46. The maximum absolute atomic E-state index is 12.3. The average molecular weight is 401 g/mol. The van der Waals surface area contributed by atoms with Crippen LogP contribution in [0.5, 0.6) is 0 Å². The van der Waals surface area contributed by atoms with Gasteiger partial charge in [0.05, 0.1) is 23.2 Å². The van der Waals surface area contributed by atoms with Crippen LogP contribution in [0.3, 0.4) is 0 Å². The molecule has 3 rings (SSSR count). The van der Waals surface area contributed by atoms with E-state index in [1.807, 2.05) is 0 Å². The number of hydrogen-bond acceptors (Lipinski definition) is 6. The number of aromatic nitrogens is 1. The van der Waals surface area contributed by atoms with E-state index in [0.717, 1.165) is 9.78 Å². The second kappa shape index (κ2) is 8.30. The minimum Gasteiger partial charge on any atom is -0.481 e. The first-order valence-electron chi connectivity index (χ1n) is 8.80. The smallest absolute Gasteiger partial charge is 0.303 e. The Morgan fingerprint density at radius 1 is 1.14 bits per heavy atom. The highest BCUT2D eigenvalue weighted by Gasteiger charge is 2.34. The zero-order valence-corrected chi connectivity index (χ0v) is 16.0. The summed E-state index contributed by atoms with van der Waals surface area (Å²) in [7, 11) is 0. The molecule has 8 nitrogen and oxygen atoms in total. The van der Waals surface area contributed by atoms with Crippen molar-refractivity contribution in [3.63, 3.8) is 0 Å². The Balaban J connectivity index is 1.49. The van der Waals surface area contributed by atoms with Gasteiger partial charge in [-0.3, -0.25) is 24.1 Å². The molecule has 2 aromatic rings. The number of thiazole rings is 1. The lowest BCUT2D eigenvalue weighted by Gasteiger charge is -2.13. The first kappa shape index (κ1) is 19.7. The quantitative estimate of drug-likeness (QED) is 0.657. The van der Waals surface area contributed by atoms with Crippen molar-refractivity contribution < 1.29 is 24.3 Å². The van der Waals surface area contributed by atoms with E-state index >= 15 is 0 Å². The average Bonchev–Trinajstić information content (AvgIpc) is 3.12. The van der Waals surface area contributed by atoms with Crippen molar-refractivity contribution in [1.82, 2.24) is 9.88 Å². The normalized spacial score (nSPS) is 13.0. The van der Waals surface area contributed by atoms with Gasteiger partial charge in [0.1, 0.15) is 0 Å². The molecule has 0 aliphatic carbocycles. The monoisotopic (exact) mass is 401 g/mol. The Kier molecular flexibility index (Phi) is 5.84. The number of rotatable bonds is 8. The van der Waals surface area contributed by atoms with Crippen molar-refractivity contribution in [2.75, 3.05) is 11.9 Å². The highest BCUT2D eigenvalue weighted by atomic mass is 32.1. The number of aliphatic carboxylic acids is 1. The summed E-state index contributed by atoms with van der Waals surface area (Å²) in [5.74, 6) is -1.82. The van der Waals surface area contributed by atoms with Gasteiger partial charge in [-0.05, 0) is 31.9 Å². The van der Waals surface area contributed by atoms with Crippen molar-refractivity contribution in [3.8, 4) is 0 Å². The molecule has 1 aromatic carbocycles. The van der Waals surface area contributed by atoms with Crippen LogP contribution in [0.4, 0.5) is 5.13 Å². The number of carbonyl (C=O) groups excluding carboxylic acids is 3. The van der Waals surface area contributed by atoms with E-state index in [4.69, 9.17) is 5.11 Å². The molecule has 0 saturated carbocycles. The number of nitrogens with zero attached hydrogens (tertiary/aromatic N) is 2. The first-order chi connectivity index (χ1) is 13.4. The van der Waals surface area contributed by atoms with Crippen molar-refractivity contribution in [2.45, 2.75) is 32.6 Å². The molecule has 0 bridgehead atoms. The SMILES string of the molecule is Cc1nc(NC(=O)CCCN2C(=O)c3ccccc3C2=O)sc1CCC(=O)O. The Labute approximate surface area is 165 Å². The van der Waals surface area contributed by atoms with Crippen LogP contribution < -0.4 is 5.32 Å². The third kappa shape index (κ3) is 4.25. The van der Waals surface area contributed by atoms with Gasteiger partial charge < -0.3 is 10.4 Å².